The van der Waals surface area contributed by atoms with Gasteiger partial charge in [-0.3, -0.25) is 14.8 Å². The molecule has 5 nitrogen and oxygen atoms in total. The molecule has 1 saturated heterocycles. The number of hydrogen-bond acceptors (Lipinski definition) is 4. The molecule has 0 spiro atoms. The van der Waals surface area contributed by atoms with Crippen molar-refractivity contribution in [3.63, 3.8) is 0 Å². The molecule has 2 aromatic rings. The third-order valence-electron chi connectivity index (χ3n) is 3.38. The number of fused-ring (bicyclic) bond motifs is 1. The number of nitrogens with zero attached hydrogens (tertiary/aromatic N) is 2. The van der Waals surface area contributed by atoms with Crippen molar-refractivity contribution < 1.29 is 9.90 Å². The van der Waals surface area contributed by atoms with Crippen LogP contribution in [0, 0.1) is 5.92 Å². The molecule has 1 aromatic carbocycles. The molecule has 1 aliphatic rings. The van der Waals surface area contributed by atoms with E-state index in [-0.39, 0.29) is 12.0 Å². The molecule has 0 bridgehead atoms. The first kappa shape index (κ1) is 11.1. The fourth-order valence-corrected chi connectivity index (χ4v) is 2.37. The summed E-state index contributed by atoms with van der Waals surface area (Å²) in [6.45, 7) is 0.526. The highest BCUT2D eigenvalue weighted by atomic mass is 16.4. The largest absolute Gasteiger partial charge is 0.481 e. The van der Waals surface area contributed by atoms with E-state index in [1.165, 1.54) is 0 Å². The number of benzene rings is 1. The van der Waals surface area contributed by atoms with Gasteiger partial charge in [0.15, 0.2) is 0 Å². The van der Waals surface area contributed by atoms with Gasteiger partial charge in [-0.25, -0.2) is 0 Å². The molecule has 0 aliphatic carbocycles. The fraction of sp³-hybridized carbons (Fsp3) is 0.308. The number of carboxylic acids is 1. The minimum atomic E-state index is -0.731. The van der Waals surface area contributed by atoms with Crippen LogP contribution in [0.15, 0.2) is 30.6 Å². The Kier molecular flexibility index (Phi) is 2.68. The Hall–Kier alpha value is -2.01. The highest BCUT2D eigenvalue weighted by Gasteiger charge is 2.30. The molecule has 92 valence electrons. The first-order valence-corrected chi connectivity index (χ1v) is 5.91. The molecule has 1 aliphatic heterocycles. The highest BCUT2D eigenvalue weighted by molar-refractivity contribution is 5.75. The zero-order chi connectivity index (χ0) is 12.5. The van der Waals surface area contributed by atoms with Crippen LogP contribution in [-0.2, 0) is 4.79 Å². The highest BCUT2D eigenvalue weighted by Crippen LogP contribution is 2.28. The van der Waals surface area contributed by atoms with Gasteiger partial charge in [-0.05, 0) is 24.1 Å². The monoisotopic (exact) mass is 243 g/mol. The topological polar surface area (TPSA) is 75.1 Å². The normalized spacial score (nSPS) is 23.3. The molecule has 2 unspecified atom stereocenters. The van der Waals surface area contributed by atoms with E-state index < -0.39 is 5.97 Å². The van der Waals surface area contributed by atoms with E-state index in [0.717, 1.165) is 16.6 Å². The summed E-state index contributed by atoms with van der Waals surface area (Å²) in [5.74, 6) is -1.03. The summed E-state index contributed by atoms with van der Waals surface area (Å²) < 4.78 is 0. The van der Waals surface area contributed by atoms with Gasteiger partial charge in [-0.15, -0.1) is 0 Å². The molecule has 18 heavy (non-hydrogen) atoms. The molecular weight excluding hydrogens is 230 g/mol. The van der Waals surface area contributed by atoms with E-state index in [1.54, 1.807) is 12.4 Å². The minimum absolute atomic E-state index is 0.0949. The van der Waals surface area contributed by atoms with Crippen molar-refractivity contribution in [1.82, 2.24) is 15.3 Å². The van der Waals surface area contributed by atoms with Crippen LogP contribution >= 0.6 is 0 Å². The second kappa shape index (κ2) is 4.34. The minimum Gasteiger partial charge on any atom is -0.481 e. The van der Waals surface area contributed by atoms with Gasteiger partial charge < -0.3 is 10.4 Å². The Labute approximate surface area is 104 Å². The Balaban J connectivity index is 1.89. The third kappa shape index (κ3) is 1.93. The maximum absolute atomic E-state index is 10.9. The predicted octanol–water partition coefficient (Wildman–Crippen LogP) is 1.36. The first-order chi connectivity index (χ1) is 8.74. The Morgan fingerprint density at radius 1 is 1.28 bits per heavy atom. The van der Waals surface area contributed by atoms with Crippen LogP contribution in [-0.4, -0.2) is 27.6 Å². The molecule has 2 N–H and O–H groups in total. The van der Waals surface area contributed by atoms with Gasteiger partial charge in [0.05, 0.1) is 17.0 Å². The maximum Gasteiger partial charge on any atom is 0.307 e. The summed E-state index contributed by atoms with van der Waals surface area (Å²) in [6.07, 6.45) is 3.95. The summed E-state index contributed by atoms with van der Waals surface area (Å²) in [5, 5.41) is 12.2. The van der Waals surface area contributed by atoms with Crippen LogP contribution in [0.2, 0.25) is 0 Å². The van der Waals surface area contributed by atoms with E-state index in [2.05, 4.69) is 15.3 Å². The number of aliphatic carboxylic acids is 1. The summed E-state index contributed by atoms with van der Waals surface area (Å²) in [7, 11) is 0. The molecular formula is C13H13N3O2. The van der Waals surface area contributed by atoms with Crippen LogP contribution in [0.4, 0.5) is 0 Å². The molecule has 0 saturated carbocycles. The van der Waals surface area contributed by atoms with Crippen molar-refractivity contribution >= 4 is 17.0 Å². The number of rotatable bonds is 2. The molecule has 0 amide bonds. The smallest absolute Gasteiger partial charge is 0.307 e. The molecule has 5 heteroatoms. The van der Waals surface area contributed by atoms with Crippen LogP contribution in [0.1, 0.15) is 18.0 Å². The van der Waals surface area contributed by atoms with Crippen LogP contribution in [0.25, 0.3) is 11.0 Å². The average Bonchev–Trinajstić information content (AvgIpc) is 2.88. The van der Waals surface area contributed by atoms with E-state index in [0.29, 0.717) is 13.0 Å². The second-order valence-electron chi connectivity index (χ2n) is 4.54. The van der Waals surface area contributed by atoms with Gasteiger partial charge in [0.2, 0.25) is 0 Å². The maximum atomic E-state index is 10.9. The molecule has 3 rings (SSSR count). The Morgan fingerprint density at radius 2 is 2.06 bits per heavy atom. The van der Waals surface area contributed by atoms with E-state index >= 15 is 0 Å². The Morgan fingerprint density at radius 3 is 2.78 bits per heavy atom. The number of carbonyl (C=O) groups is 1. The second-order valence-corrected chi connectivity index (χ2v) is 4.54. The van der Waals surface area contributed by atoms with Crippen molar-refractivity contribution in [2.45, 2.75) is 12.5 Å². The van der Waals surface area contributed by atoms with Gasteiger partial charge in [-0.2, -0.15) is 0 Å². The van der Waals surface area contributed by atoms with Gasteiger partial charge >= 0.3 is 5.97 Å². The third-order valence-corrected chi connectivity index (χ3v) is 3.38. The zero-order valence-electron chi connectivity index (χ0n) is 9.71. The SMILES string of the molecule is O=C(O)C1CNC(c2ccc3nccnc3c2)C1. The quantitative estimate of drug-likeness (QED) is 0.833. The van der Waals surface area contributed by atoms with E-state index in [4.69, 9.17) is 5.11 Å². The van der Waals surface area contributed by atoms with E-state index in [9.17, 15) is 4.79 Å². The fourth-order valence-electron chi connectivity index (χ4n) is 2.37. The van der Waals surface area contributed by atoms with Crippen molar-refractivity contribution in [2.75, 3.05) is 6.54 Å². The first-order valence-electron chi connectivity index (χ1n) is 5.91. The Bertz CT molecular complexity index is 600. The van der Waals surface area contributed by atoms with Crippen molar-refractivity contribution in [1.29, 1.82) is 0 Å². The molecule has 1 fully saturated rings. The molecule has 1 aromatic heterocycles. The predicted molar refractivity (Wildman–Crippen MR) is 66.0 cm³/mol. The van der Waals surface area contributed by atoms with Gasteiger partial charge in [0.1, 0.15) is 0 Å². The number of nitrogens with one attached hydrogen (secondary N) is 1. The standard InChI is InChI=1S/C13H13N3O2/c17-13(18)9-6-11(16-7-9)8-1-2-10-12(5-8)15-4-3-14-10/h1-5,9,11,16H,6-7H2,(H,17,18). The van der Waals surface area contributed by atoms with Gasteiger partial charge in [0.25, 0.3) is 0 Å². The van der Waals surface area contributed by atoms with Gasteiger partial charge in [0, 0.05) is 25.0 Å². The molecule has 2 heterocycles. The van der Waals surface area contributed by atoms with Gasteiger partial charge in [-0.1, -0.05) is 6.07 Å². The summed E-state index contributed by atoms with van der Waals surface area (Å²) in [6, 6.07) is 5.98. The molecule has 0 radical (unpaired) electrons. The summed E-state index contributed by atoms with van der Waals surface area (Å²) in [4.78, 5) is 19.4. The molecule has 2 atom stereocenters. The zero-order valence-corrected chi connectivity index (χ0v) is 9.71. The number of hydrogen-bond donors (Lipinski definition) is 2. The lowest BCUT2D eigenvalue weighted by molar-refractivity contribution is -0.141. The van der Waals surface area contributed by atoms with Crippen LogP contribution < -0.4 is 5.32 Å². The van der Waals surface area contributed by atoms with Crippen LogP contribution in [0.3, 0.4) is 0 Å². The van der Waals surface area contributed by atoms with Crippen molar-refractivity contribution in [3.05, 3.63) is 36.2 Å². The van der Waals surface area contributed by atoms with Crippen molar-refractivity contribution in [3.8, 4) is 0 Å². The van der Waals surface area contributed by atoms with Crippen LogP contribution in [0.5, 0.6) is 0 Å². The lowest BCUT2D eigenvalue weighted by Crippen LogP contribution is -2.17. The average molecular weight is 243 g/mol. The lowest BCUT2D eigenvalue weighted by Gasteiger charge is -2.10. The number of aromatic nitrogens is 2. The number of carboxylic acid groups (broad SMARTS) is 1. The summed E-state index contributed by atoms with van der Waals surface area (Å²) >= 11 is 0. The van der Waals surface area contributed by atoms with Crippen molar-refractivity contribution in [2.24, 2.45) is 5.92 Å². The van der Waals surface area contributed by atoms with E-state index in [1.807, 2.05) is 18.2 Å². The summed E-state index contributed by atoms with van der Waals surface area (Å²) in [5.41, 5.74) is 2.77. The lowest BCUT2D eigenvalue weighted by atomic mass is 10.00.